The number of anilines is 1. The highest BCUT2D eigenvalue weighted by Crippen LogP contribution is 2.20. The van der Waals surface area contributed by atoms with Crippen molar-refractivity contribution in [3.8, 4) is 0 Å². The van der Waals surface area contributed by atoms with E-state index in [2.05, 4.69) is 10.3 Å². The second-order valence-corrected chi connectivity index (χ2v) is 7.17. The highest BCUT2D eigenvalue weighted by molar-refractivity contribution is 5.74. The molecule has 0 spiro atoms. The van der Waals surface area contributed by atoms with Gasteiger partial charge in [0.25, 0.3) is 5.56 Å². The van der Waals surface area contributed by atoms with E-state index in [0.717, 1.165) is 21.3 Å². The standard InChI is InChI=1S/C22H23N5O2/c1-15-9-7-8-12-17(15)14-27-18-19(25(2)22(29)26(3)20(18)28)24-21(27)23-13-16-10-5-4-6-11-16/h4-12H,13-14H2,1-3H3,(H,23,24). The molecule has 0 saturated heterocycles. The SMILES string of the molecule is Cc1ccccc1Cn1c(NCc2ccccc2)nc2c1c(=O)n(C)c(=O)n2C. The Morgan fingerprint density at radius 1 is 0.931 bits per heavy atom. The highest BCUT2D eigenvalue weighted by Gasteiger charge is 2.19. The van der Waals surface area contributed by atoms with Gasteiger partial charge in [0.2, 0.25) is 5.95 Å². The van der Waals surface area contributed by atoms with E-state index in [0.29, 0.717) is 30.2 Å². The number of aromatic nitrogens is 4. The summed E-state index contributed by atoms with van der Waals surface area (Å²) in [5, 5.41) is 3.34. The number of aryl methyl sites for hydroxylation is 2. The number of nitrogens with one attached hydrogen (secondary N) is 1. The Labute approximate surface area is 167 Å². The molecule has 1 N–H and O–H groups in total. The van der Waals surface area contributed by atoms with Crippen LogP contribution in [-0.2, 0) is 27.2 Å². The van der Waals surface area contributed by atoms with Gasteiger partial charge < -0.3 is 5.32 Å². The highest BCUT2D eigenvalue weighted by atomic mass is 16.2. The normalized spacial score (nSPS) is 11.1. The van der Waals surface area contributed by atoms with Crippen molar-refractivity contribution in [2.75, 3.05) is 5.32 Å². The largest absolute Gasteiger partial charge is 0.351 e. The first-order chi connectivity index (χ1) is 14.0. The van der Waals surface area contributed by atoms with Crippen LogP contribution in [0.4, 0.5) is 5.95 Å². The number of rotatable bonds is 5. The van der Waals surface area contributed by atoms with E-state index in [1.807, 2.05) is 66.1 Å². The minimum atomic E-state index is -0.391. The fourth-order valence-corrected chi connectivity index (χ4v) is 3.47. The summed E-state index contributed by atoms with van der Waals surface area (Å²) >= 11 is 0. The summed E-state index contributed by atoms with van der Waals surface area (Å²) in [7, 11) is 3.13. The maximum Gasteiger partial charge on any atom is 0.332 e. The zero-order chi connectivity index (χ0) is 20.5. The van der Waals surface area contributed by atoms with Gasteiger partial charge in [-0.3, -0.25) is 18.5 Å². The summed E-state index contributed by atoms with van der Waals surface area (Å²) in [6.07, 6.45) is 0. The zero-order valence-corrected chi connectivity index (χ0v) is 16.7. The first-order valence-electron chi connectivity index (χ1n) is 9.46. The van der Waals surface area contributed by atoms with Crippen LogP contribution in [0.25, 0.3) is 11.2 Å². The smallest absolute Gasteiger partial charge is 0.332 e. The van der Waals surface area contributed by atoms with Gasteiger partial charge in [-0.25, -0.2) is 4.79 Å². The molecule has 4 aromatic rings. The van der Waals surface area contributed by atoms with Crippen molar-refractivity contribution < 1.29 is 0 Å². The van der Waals surface area contributed by atoms with E-state index in [1.165, 1.54) is 11.6 Å². The van der Waals surface area contributed by atoms with E-state index in [1.54, 1.807) is 7.05 Å². The molecule has 0 bridgehead atoms. The van der Waals surface area contributed by atoms with Gasteiger partial charge in [0, 0.05) is 20.6 Å². The summed E-state index contributed by atoms with van der Waals surface area (Å²) < 4.78 is 4.40. The van der Waals surface area contributed by atoms with Crippen LogP contribution in [0.1, 0.15) is 16.7 Å². The summed E-state index contributed by atoms with van der Waals surface area (Å²) in [4.78, 5) is 29.9. The summed E-state index contributed by atoms with van der Waals surface area (Å²) in [6.45, 7) is 3.08. The molecule has 0 atom stereocenters. The molecule has 0 unspecified atom stereocenters. The molecule has 0 saturated carbocycles. The van der Waals surface area contributed by atoms with Gasteiger partial charge >= 0.3 is 5.69 Å². The quantitative estimate of drug-likeness (QED) is 0.569. The minimum absolute atomic E-state index is 0.350. The third-order valence-corrected chi connectivity index (χ3v) is 5.23. The van der Waals surface area contributed by atoms with Crippen molar-refractivity contribution >= 4 is 17.1 Å². The molecule has 2 aromatic heterocycles. The Kier molecular flexibility index (Phi) is 4.80. The van der Waals surface area contributed by atoms with Crippen LogP contribution >= 0.6 is 0 Å². The molecule has 0 fully saturated rings. The van der Waals surface area contributed by atoms with Crippen molar-refractivity contribution in [3.05, 3.63) is 92.1 Å². The lowest BCUT2D eigenvalue weighted by atomic mass is 10.1. The average molecular weight is 389 g/mol. The minimum Gasteiger partial charge on any atom is -0.351 e. The molecule has 0 amide bonds. The van der Waals surface area contributed by atoms with Crippen molar-refractivity contribution in [2.45, 2.75) is 20.0 Å². The van der Waals surface area contributed by atoms with Gasteiger partial charge in [-0.05, 0) is 23.6 Å². The first-order valence-corrected chi connectivity index (χ1v) is 9.46. The predicted octanol–water partition coefficient (Wildman–Crippen LogP) is 2.40. The monoisotopic (exact) mass is 389 g/mol. The maximum absolute atomic E-state index is 12.9. The summed E-state index contributed by atoms with van der Waals surface area (Å²) in [5.41, 5.74) is 3.37. The van der Waals surface area contributed by atoms with Crippen LogP contribution in [0.2, 0.25) is 0 Å². The Morgan fingerprint density at radius 2 is 1.62 bits per heavy atom. The van der Waals surface area contributed by atoms with Crippen LogP contribution in [0, 0.1) is 6.92 Å². The van der Waals surface area contributed by atoms with Crippen molar-refractivity contribution in [1.29, 1.82) is 0 Å². The third kappa shape index (κ3) is 3.35. The first kappa shape index (κ1) is 18.7. The van der Waals surface area contributed by atoms with E-state index in [9.17, 15) is 9.59 Å². The number of benzene rings is 2. The molecular weight excluding hydrogens is 366 g/mol. The van der Waals surface area contributed by atoms with Gasteiger partial charge in [0.1, 0.15) is 0 Å². The molecule has 7 heteroatoms. The number of imidazole rings is 1. The number of nitrogens with zero attached hydrogens (tertiary/aromatic N) is 4. The fourth-order valence-electron chi connectivity index (χ4n) is 3.47. The summed E-state index contributed by atoms with van der Waals surface area (Å²) in [6, 6.07) is 18.0. The summed E-state index contributed by atoms with van der Waals surface area (Å²) in [5.74, 6) is 0.561. The molecule has 0 aliphatic rings. The molecule has 148 valence electrons. The average Bonchev–Trinajstić information content (AvgIpc) is 3.10. The second-order valence-electron chi connectivity index (χ2n) is 7.17. The topological polar surface area (TPSA) is 73.8 Å². The van der Waals surface area contributed by atoms with Gasteiger partial charge in [-0.1, -0.05) is 54.6 Å². The Hall–Kier alpha value is -3.61. The molecule has 2 aromatic carbocycles. The molecule has 2 heterocycles. The van der Waals surface area contributed by atoms with Gasteiger partial charge in [0.15, 0.2) is 11.2 Å². The van der Waals surface area contributed by atoms with Crippen molar-refractivity contribution in [3.63, 3.8) is 0 Å². The lowest BCUT2D eigenvalue weighted by molar-refractivity contribution is 0.702. The molecule has 4 rings (SSSR count). The molecule has 29 heavy (non-hydrogen) atoms. The van der Waals surface area contributed by atoms with Gasteiger partial charge in [-0.2, -0.15) is 4.98 Å². The number of hydrogen-bond acceptors (Lipinski definition) is 4. The zero-order valence-electron chi connectivity index (χ0n) is 16.7. The molecule has 0 aliphatic heterocycles. The van der Waals surface area contributed by atoms with Crippen LogP contribution < -0.4 is 16.6 Å². The van der Waals surface area contributed by atoms with Gasteiger partial charge in [0.05, 0.1) is 6.54 Å². The van der Waals surface area contributed by atoms with Crippen molar-refractivity contribution in [1.82, 2.24) is 18.7 Å². The van der Waals surface area contributed by atoms with Crippen LogP contribution in [0.3, 0.4) is 0 Å². The number of hydrogen-bond donors (Lipinski definition) is 1. The molecular formula is C22H23N5O2. The number of fused-ring (bicyclic) bond motifs is 1. The molecule has 7 nitrogen and oxygen atoms in total. The third-order valence-electron chi connectivity index (χ3n) is 5.23. The Balaban J connectivity index is 1.88. The second kappa shape index (κ2) is 7.43. The molecule has 0 radical (unpaired) electrons. The van der Waals surface area contributed by atoms with Crippen LogP contribution in [0.15, 0.2) is 64.2 Å². The van der Waals surface area contributed by atoms with E-state index >= 15 is 0 Å². The van der Waals surface area contributed by atoms with Crippen LogP contribution in [0.5, 0.6) is 0 Å². The predicted molar refractivity (Wildman–Crippen MR) is 114 cm³/mol. The lowest BCUT2D eigenvalue weighted by Gasteiger charge is -2.13. The molecule has 0 aliphatic carbocycles. The Morgan fingerprint density at radius 3 is 2.34 bits per heavy atom. The van der Waals surface area contributed by atoms with E-state index in [-0.39, 0.29) is 5.56 Å². The Bertz CT molecular complexity index is 1300. The maximum atomic E-state index is 12.9. The lowest BCUT2D eigenvalue weighted by Crippen LogP contribution is -2.37. The fraction of sp³-hybridized carbons (Fsp3) is 0.227. The van der Waals surface area contributed by atoms with Crippen molar-refractivity contribution in [2.24, 2.45) is 14.1 Å². The van der Waals surface area contributed by atoms with Crippen LogP contribution in [-0.4, -0.2) is 18.7 Å². The van der Waals surface area contributed by atoms with E-state index < -0.39 is 5.69 Å². The van der Waals surface area contributed by atoms with Gasteiger partial charge in [-0.15, -0.1) is 0 Å². The van der Waals surface area contributed by atoms with E-state index in [4.69, 9.17) is 0 Å².